The first-order chi connectivity index (χ1) is 16.2. The number of rotatable bonds is 8. The number of nitrogens with one attached hydrogen (secondary N) is 1. The quantitative estimate of drug-likeness (QED) is 0.148. The van der Waals surface area contributed by atoms with Crippen molar-refractivity contribution in [1.29, 1.82) is 5.26 Å². The van der Waals surface area contributed by atoms with E-state index in [2.05, 4.69) is 15.5 Å². The molecule has 0 bridgehead atoms. The number of halogens is 1. The Bertz CT molecular complexity index is 1410. The summed E-state index contributed by atoms with van der Waals surface area (Å²) in [6, 6.07) is 7.89. The maximum absolute atomic E-state index is 12.5. The predicted octanol–water partition coefficient (Wildman–Crippen LogP) is 3.82. The van der Waals surface area contributed by atoms with Crippen molar-refractivity contribution in [3.63, 3.8) is 0 Å². The minimum absolute atomic E-state index is 0.0128. The van der Waals surface area contributed by atoms with Crippen LogP contribution in [0.2, 0.25) is 5.02 Å². The van der Waals surface area contributed by atoms with Crippen LogP contribution in [0.5, 0.6) is 11.5 Å². The van der Waals surface area contributed by atoms with Crippen LogP contribution in [-0.2, 0) is 14.6 Å². The first-order valence-electron chi connectivity index (χ1n) is 9.31. The summed E-state index contributed by atoms with van der Waals surface area (Å²) in [6.45, 7) is 1.46. The number of nitrogens with zero attached hydrogens (tertiary/aromatic N) is 3. The van der Waals surface area contributed by atoms with Gasteiger partial charge in [0.15, 0.2) is 11.5 Å². The lowest BCUT2D eigenvalue weighted by Gasteiger charge is -2.11. The molecule has 0 spiro atoms. The third kappa shape index (κ3) is 5.78. The van der Waals surface area contributed by atoms with Crippen LogP contribution >= 0.6 is 34.3 Å². The number of esters is 1. The summed E-state index contributed by atoms with van der Waals surface area (Å²) < 4.78 is 34.1. The van der Waals surface area contributed by atoms with Gasteiger partial charge in [-0.05, 0) is 35.2 Å². The van der Waals surface area contributed by atoms with Crippen LogP contribution in [0.3, 0.4) is 0 Å². The molecule has 0 unspecified atom stereocenters. The van der Waals surface area contributed by atoms with Crippen molar-refractivity contribution in [3.05, 3.63) is 50.7 Å². The van der Waals surface area contributed by atoms with E-state index in [4.69, 9.17) is 21.1 Å². The van der Waals surface area contributed by atoms with E-state index in [1.807, 2.05) is 0 Å². The van der Waals surface area contributed by atoms with E-state index in [9.17, 15) is 23.3 Å². The molecule has 34 heavy (non-hydrogen) atoms. The van der Waals surface area contributed by atoms with E-state index in [1.165, 1.54) is 43.6 Å². The largest absolute Gasteiger partial charge is 0.493 e. The van der Waals surface area contributed by atoms with Crippen molar-refractivity contribution in [2.45, 2.75) is 11.3 Å². The number of amides is 1. The third-order valence-corrected chi connectivity index (χ3v) is 8.27. The zero-order valence-corrected chi connectivity index (χ0v) is 20.8. The number of carbonyl (C=O) groups excluding carboxylic acids is 2. The first-order valence-corrected chi connectivity index (χ1v) is 13.0. The zero-order valence-electron chi connectivity index (χ0n) is 17.6. The van der Waals surface area contributed by atoms with Crippen LogP contribution in [0.15, 0.2) is 39.6 Å². The molecule has 1 amide bonds. The molecule has 0 atom stereocenters. The number of methoxy groups -OCH3 is 1. The molecular formula is C20H15ClN4O6S3. The second kappa shape index (κ2) is 10.7. The van der Waals surface area contributed by atoms with E-state index in [1.54, 1.807) is 23.6 Å². The maximum Gasteiger partial charge on any atom is 0.353 e. The summed E-state index contributed by atoms with van der Waals surface area (Å²) in [4.78, 5) is 25.2. The number of hydrogen-bond donors (Lipinski definition) is 1. The molecule has 0 aliphatic heterocycles. The highest BCUT2D eigenvalue weighted by Gasteiger charge is 2.21. The molecule has 1 N–H and O–H groups in total. The highest BCUT2D eigenvalue weighted by atomic mass is 35.5. The van der Waals surface area contributed by atoms with Gasteiger partial charge in [-0.25, -0.2) is 13.2 Å². The van der Waals surface area contributed by atoms with E-state index < -0.39 is 21.7 Å². The van der Waals surface area contributed by atoms with Gasteiger partial charge in [-0.1, -0.05) is 35.9 Å². The van der Waals surface area contributed by atoms with Crippen molar-refractivity contribution in [2.24, 2.45) is 0 Å². The van der Waals surface area contributed by atoms with Crippen molar-refractivity contribution in [2.75, 3.05) is 18.2 Å². The third-order valence-electron chi connectivity index (χ3n) is 4.12. The van der Waals surface area contributed by atoms with Gasteiger partial charge in [-0.2, -0.15) is 5.26 Å². The van der Waals surface area contributed by atoms with Crippen LogP contribution in [0, 0.1) is 11.3 Å². The van der Waals surface area contributed by atoms with E-state index in [0.717, 1.165) is 0 Å². The molecule has 0 aliphatic carbocycles. The summed E-state index contributed by atoms with van der Waals surface area (Å²) in [5.41, 5.74) is -0.00691. The molecule has 3 aromatic rings. The van der Waals surface area contributed by atoms with Gasteiger partial charge in [0.05, 0.1) is 17.9 Å². The maximum atomic E-state index is 12.5. The zero-order chi connectivity index (χ0) is 24.9. The number of anilines is 1. The molecule has 3 rings (SSSR count). The Morgan fingerprint density at radius 3 is 2.71 bits per heavy atom. The fraction of sp³-hybridized carbons (Fsp3) is 0.150. The number of thiophene rings is 1. The molecule has 0 fully saturated rings. The summed E-state index contributed by atoms with van der Waals surface area (Å²) in [5.74, 6) is -1.51. The van der Waals surface area contributed by atoms with E-state index in [-0.39, 0.29) is 37.3 Å². The van der Waals surface area contributed by atoms with Crippen LogP contribution in [0.4, 0.5) is 5.13 Å². The Labute approximate surface area is 207 Å². The highest BCUT2D eigenvalue weighted by molar-refractivity contribution is 7.93. The lowest BCUT2D eigenvalue weighted by atomic mass is 10.1. The van der Waals surface area contributed by atoms with Crippen molar-refractivity contribution in [1.82, 2.24) is 10.2 Å². The second-order valence-corrected chi connectivity index (χ2v) is 11.1. The Hall–Kier alpha value is -3.31. The fourth-order valence-corrected chi connectivity index (χ4v) is 5.29. The molecule has 10 nitrogen and oxygen atoms in total. The number of carbonyl (C=O) groups is 2. The van der Waals surface area contributed by atoms with Gasteiger partial charge in [-0.3, -0.25) is 10.1 Å². The van der Waals surface area contributed by atoms with Crippen molar-refractivity contribution >= 4 is 67.2 Å². The fourth-order valence-electron chi connectivity index (χ4n) is 2.45. The Morgan fingerprint density at radius 2 is 2.09 bits per heavy atom. The van der Waals surface area contributed by atoms with E-state index in [0.29, 0.717) is 21.8 Å². The van der Waals surface area contributed by atoms with Gasteiger partial charge in [0.25, 0.3) is 5.91 Å². The topological polar surface area (TPSA) is 148 Å². The summed E-state index contributed by atoms with van der Waals surface area (Å²) >= 11 is 8.15. The molecule has 14 heteroatoms. The monoisotopic (exact) mass is 538 g/mol. The summed E-state index contributed by atoms with van der Waals surface area (Å²) in [5, 5.41) is 20.6. The molecule has 1 aromatic carbocycles. The number of ether oxygens (including phenoxy) is 2. The Morgan fingerprint density at radius 1 is 1.32 bits per heavy atom. The number of nitriles is 1. The minimum atomic E-state index is -3.58. The normalized spacial score (nSPS) is 11.5. The number of hydrogen-bond acceptors (Lipinski definition) is 11. The summed E-state index contributed by atoms with van der Waals surface area (Å²) in [7, 11) is -2.23. The van der Waals surface area contributed by atoms with Crippen LogP contribution in [0.25, 0.3) is 6.08 Å². The van der Waals surface area contributed by atoms with Crippen molar-refractivity contribution in [3.8, 4) is 17.6 Å². The molecule has 2 aromatic heterocycles. The Kier molecular flexibility index (Phi) is 8.00. The average molecular weight is 539 g/mol. The van der Waals surface area contributed by atoms with Gasteiger partial charge >= 0.3 is 5.97 Å². The minimum Gasteiger partial charge on any atom is -0.493 e. The second-order valence-electron chi connectivity index (χ2n) is 6.30. The molecule has 0 saturated heterocycles. The lowest BCUT2D eigenvalue weighted by molar-refractivity contribution is -0.112. The molecular weight excluding hydrogens is 524 g/mol. The number of sulfone groups is 1. The molecule has 0 saturated carbocycles. The van der Waals surface area contributed by atoms with Gasteiger partial charge in [0, 0.05) is 0 Å². The first kappa shape index (κ1) is 25.3. The highest BCUT2D eigenvalue weighted by Crippen LogP contribution is 2.37. The lowest BCUT2D eigenvalue weighted by Crippen LogP contribution is -2.13. The molecule has 0 aliphatic rings. The van der Waals surface area contributed by atoms with Gasteiger partial charge in [-0.15, -0.1) is 21.5 Å². The van der Waals surface area contributed by atoms with Crippen LogP contribution in [0.1, 0.15) is 22.2 Å². The summed E-state index contributed by atoms with van der Waals surface area (Å²) in [6.07, 6.45) is 1.24. The Balaban J connectivity index is 1.84. The molecule has 176 valence electrons. The molecule has 2 heterocycles. The van der Waals surface area contributed by atoms with Crippen molar-refractivity contribution < 1.29 is 27.5 Å². The van der Waals surface area contributed by atoms with Gasteiger partial charge in [0.2, 0.25) is 19.3 Å². The number of benzene rings is 1. The van der Waals surface area contributed by atoms with Gasteiger partial charge in [0.1, 0.15) is 16.5 Å². The van der Waals surface area contributed by atoms with Crippen LogP contribution in [-0.4, -0.2) is 43.4 Å². The average Bonchev–Trinajstić information content (AvgIpc) is 3.51. The standard InChI is InChI=1S/C20H15ClN4O6S3/c1-3-34(28,29)20-25-24-19(33-20)23-17(26)12(10-22)7-11-8-13(21)16(14(9-11)30-2)31-18(27)15-5-4-6-32-15/h4-9H,3H2,1-2H3,(H,23,24,26). The van der Waals surface area contributed by atoms with E-state index >= 15 is 0 Å². The van der Waals surface area contributed by atoms with Gasteiger partial charge < -0.3 is 9.47 Å². The van der Waals surface area contributed by atoms with Crippen LogP contribution < -0.4 is 14.8 Å². The molecule has 0 radical (unpaired) electrons. The smallest absolute Gasteiger partial charge is 0.353 e. The SMILES string of the molecule is CCS(=O)(=O)c1nnc(NC(=O)C(C#N)=Cc2cc(Cl)c(OC(=O)c3cccs3)c(OC)c2)s1. The predicted molar refractivity (Wildman–Crippen MR) is 127 cm³/mol. The number of aromatic nitrogens is 2.